The lowest BCUT2D eigenvalue weighted by atomic mass is 10.0. The molecule has 33 heavy (non-hydrogen) atoms. The SMILES string of the molecule is CC(O)CC(Oc1ccccc1CCc1cccc(OC(F)(F)F)c1)N(C(F)F)C(F)(F)F. The molecule has 2 atom stereocenters. The van der Waals surface area contributed by atoms with Gasteiger partial charge in [0.25, 0.3) is 0 Å². The number of benzene rings is 2. The normalized spacial score (nSPS) is 14.4. The molecule has 0 fully saturated rings. The summed E-state index contributed by atoms with van der Waals surface area (Å²) < 4.78 is 112. The average molecular weight is 487 g/mol. The number of alkyl halides is 8. The molecular formula is C21H21F8NO3. The van der Waals surface area contributed by atoms with Crippen molar-refractivity contribution >= 4 is 0 Å². The van der Waals surface area contributed by atoms with Gasteiger partial charge in [-0.3, -0.25) is 0 Å². The Morgan fingerprint density at radius 3 is 2.18 bits per heavy atom. The molecule has 0 aliphatic rings. The van der Waals surface area contributed by atoms with Crippen molar-refractivity contribution < 1.29 is 49.7 Å². The molecule has 2 unspecified atom stereocenters. The fourth-order valence-corrected chi connectivity index (χ4v) is 3.06. The minimum absolute atomic E-state index is 0.119. The summed E-state index contributed by atoms with van der Waals surface area (Å²) >= 11 is 0. The van der Waals surface area contributed by atoms with E-state index in [0.29, 0.717) is 11.1 Å². The van der Waals surface area contributed by atoms with Crippen LogP contribution in [-0.2, 0) is 12.8 Å². The highest BCUT2D eigenvalue weighted by Crippen LogP contribution is 2.32. The molecular weight excluding hydrogens is 466 g/mol. The fraction of sp³-hybridized carbons (Fsp3) is 0.429. The molecule has 12 heteroatoms. The maximum atomic E-state index is 13.2. The topological polar surface area (TPSA) is 41.9 Å². The first-order valence-electron chi connectivity index (χ1n) is 9.67. The highest BCUT2D eigenvalue weighted by Gasteiger charge is 2.49. The highest BCUT2D eigenvalue weighted by atomic mass is 19.4. The Bertz CT molecular complexity index is 886. The van der Waals surface area contributed by atoms with Gasteiger partial charge >= 0.3 is 19.2 Å². The van der Waals surface area contributed by atoms with E-state index >= 15 is 0 Å². The standard InChI is InChI=1S/C21H21F8NO3/c1-13(31)11-18(30(19(22)23)20(24,25)26)32-17-8-3-2-6-15(17)10-9-14-5-4-7-16(12-14)33-21(27,28)29/h2-8,12-13,18-19,31H,9-11H2,1H3. The number of para-hydroxylation sites is 1. The molecule has 0 heterocycles. The largest absolute Gasteiger partial charge is 0.573 e. The van der Waals surface area contributed by atoms with E-state index < -0.39 is 48.6 Å². The summed E-state index contributed by atoms with van der Waals surface area (Å²) in [6.45, 7) is -2.80. The number of aryl methyl sites for hydroxylation is 2. The van der Waals surface area contributed by atoms with Crippen LogP contribution in [-0.4, -0.2) is 41.6 Å². The van der Waals surface area contributed by atoms with Gasteiger partial charge in [-0.25, -0.2) is 0 Å². The second kappa shape index (κ2) is 11.0. The zero-order chi connectivity index (χ0) is 24.8. The lowest BCUT2D eigenvalue weighted by Gasteiger charge is -2.33. The quantitative estimate of drug-likeness (QED) is 0.258. The fourth-order valence-electron chi connectivity index (χ4n) is 3.06. The Morgan fingerprint density at radius 2 is 1.61 bits per heavy atom. The second-order valence-electron chi connectivity index (χ2n) is 7.11. The van der Waals surface area contributed by atoms with E-state index in [1.807, 2.05) is 0 Å². The van der Waals surface area contributed by atoms with Crippen LogP contribution in [0.15, 0.2) is 48.5 Å². The van der Waals surface area contributed by atoms with Gasteiger partial charge in [0.1, 0.15) is 11.5 Å². The molecule has 0 amide bonds. The molecule has 2 aromatic carbocycles. The molecule has 0 saturated carbocycles. The molecule has 184 valence electrons. The number of rotatable bonds is 10. The first-order valence-corrected chi connectivity index (χ1v) is 9.67. The van der Waals surface area contributed by atoms with Crippen LogP contribution < -0.4 is 9.47 Å². The summed E-state index contributed by atoms with van der Waals surface area (Å²) in [7, 11) is 0. The van der Waals surface area contributed by atoms with Gasteiger partial charge in [-0.2, -0.15) is 22.0 Å². The molecule has 2 rings (SSSR count). The summed E-state index contributed by atoms with van der Waals surface area (Å²) in [5.41, 5.74) is 0.781. The van der Waals surface area contributed by atoms with Crippen LogP contribution in [0.3, 0.4) is 0 Å². The Kier molecular flexibility index (Phi) is 8.89. The van der Waals surface area contributed by atoms with Crippen LogP contribution in [0.5, 0.6) is 11.5 Å². The van der Waals surface area contributed by atoms with Gasteiger partial charge in [0.05, 0.1) is 6.10 Å². The van der Waals surface area contributed by atoms with E-state index in [1.165, 1.54) is 30.3 Å². The van der Waals surface area contributed by atoms with E-state index in [2.05, 4.69) is 4.74 Å². The summed E-state index contributed by atoms with van der Waals surface area (Å²) in [6.07, 6.45) is -14.4. The van der Waals surface area contributed by atoms with Crippen molar-refractivity contribution in [3.63, 3.8) is 0 Å². The molecule has 0 aromatic heterocycles. The number of aliphatic hydroxyl groups excluding tert-OH is 1. The summed E-state index contributed by atoms with van der Waals surface area (Å²) in [5.74, 6) is -0.556. The van der Waals surface area contributed by atoms with Gasteiger partial charge < -0.3 is 14.6 Å². The van der Waals surface area contributed by atoms with Gasteiger partial charge in [-0.1, -0.05) is 30.3 Å². The highest BCUT2D eigenvalue weighted by molar-refractivity contribution is 5.35. The van der Waals surface area contributed by atoms with Crippen LogP contribution in [0.2, 0.25) is 0 Å². The van der Waals surface area contributed by atoms with Crippen molar-refractivity contribution in [2.45, 2.75) is 57.7 Å². The van der Waals surface area contributed by atoms with Crippen molar-refractivity contribution in [2.75, 3.05) is 0 Å². The smallest absolute Gasteiger partial charge is 0.474 e. The lowest BCUT2D eigenvalue weighted by Crippen LogP contribution is -2.52. The maximum absolute atomic E-state index is 13.2. The first-order chi connectivity index (χ1) is 15.3. The Hall–Kier alpha value is -2.60. The molecule has 0 spiro atoms. The second-order valence-corrected chi connectivity index (χ2v) is 7.11. The third-order valence-corrected chi connectivity index (χ3v) is 4.41. The minimum Gasteiger partial charge on any atom is -0.474 e. The number of hydrogen-bond donors (Lipinski definition) is 1. The summed E-state index contributed by atoms with van der Waals surface area (Å²) in [5, 5.41) is 9.51. The minimum atomic E-state index is -5.43. The molecule has 0 aliphatic heterocycles. The number of aliphatic hydroxyl groups is 1. The third-order valence-electron chi connectivity index (χ3n) is 4.41. The molecule has 0 saturated heterocycles. The first kappa shape index (κ1) is 26.7. The molecule has 0 radical (unpaired) electrons. The molecule has 4 nitrogen and oxygen atoms in total. The predicted molar refractivity (Wildman–Crippen MR) is 102 cm³/mol. The molecule has 0 bridgehead atoms. The van der Waals surface area contributed by atoms with E-state index in [4.69, 9.17) is 4.74 Å². The van der Waals surface area contributed by atoms with Gasteiger partial charge in [-0.05, 0) is 49.1 Å². The average Bonchev–Trinajstić information content (AvgIpc) is 2.64. The van der Waals surface area contributed by atoms with E-state index in [1.54, 1.807) is 6.07 Å². The van der Waals surface area contributed by atoms with Crippen LogP contribution >= 0.6 is 0 Å². The zero-order valence-electron chi connectivity index (χ0n) is 17.2. The van der Waals surface area contributed by atoms with Crippen molar-refractivity contribution in [2.24, 2.45) is 0 Å². The summed E-state index contributed by atoms with van der Waals surface area (Å²) in [6, 6.07) is 10.9. The summed E-state index contributed by atoms with van der Waals surface area (Å²) in [4.78, 5) is -1.09. The van der Waals surface area contributed by atoms with Gasteiger partial charge in [0, 0.05) is 6.42 Å². The molecule has 2 aromatic rings. The van der Waals surface area contributed by atoms with Gasteiger partial charge in [0.2, 0.25) is 0 Å². The Balaban J connectivity index is 2.22. The van der Waals surface area contributed by atoms with E-state index in [9.17, 15) is 40.2 Å². The van der Waals surface area contributed by atoms with Crippen molar-refractivity contribution in [3.05, 3.63) is 59.7 Å². The number of hydrogen-bond acceptors (Lipinski definition) is 4. The van der Waals surface area contributed by atoms with Gasteiger partial charge in [-0.15, -0.1) is 18.1 Å². The maximum Gasteiger partial charge on any atom is 0.573 e. The zero-order valence-corrected chi connectivity index (χ0v) is 17.2. The predicted octanol–water partition coefficient (Wildman–Crippen LogP) is 5.89. The van der Waals surface area contributed by atoms with Crippen LogP contribution in [0, 0.1) is 0 Å². The molecule has 0 aliphatic carbocycles. The molecule has 1 N–H and O–H groups in total. The van der Waals surface area contributed by atoms with E-state index in [0.717, 1.165) is 19.1 Å². The van der Waals surface area contributed by atoms with Gasteiger partial charge in [0.15, 0.2) is 6.23 Å². The van der Waals surface area contributed by atoms with Crippen LogP contribution in [0.25, 0.3) is 0 Å². The van der Waals surface area contributed by atoms with E-state index in [-0.39, 0.29) is 18.6 Å². The third kappa shape index (κ3) is 8.69. The van der Waals surface area contributed by atoms with Crippen LogP contribution in [0.4, 0.5) is 35.1 Å². The van der Waals surface area contributed by atoms with Crippen molar-refractivity contribution in [1.82, 2.24) is 4.90 Å². The number of ether oxygens (including phenoxy) is 2. The monoisotopic (exact) mass is 487 g/mol. The number of nitrogens with zero attached hydrogens (tertiary/aromatic N) is 1. The van der Waals surface area contributed by atoms with Crippen molar-refractivity contribution in [3.8, 4) is 11.5 Å². The number of halogens is 8. The Labute approximate surface area is 184 Å². The van der Waals surface area contributed by atoms with Crippen LogP contribution in [0.1, 0.15) is 24.5 Å². The lowest BCUT2D eigenvalue weighted by molar-refractivity contribution is -0.328. The van der Waals surface area contributed by atoms with Crippen molar-refractivity contribution in [1.29, 1.82) is 0 Å². The Morgan fingerprint density at radius 1 is 0.939 bits per heavy atom.